The highest BCUT2D eigenvalue weighted by Gasteiger charge is 2.02. The molecule has 0 amide bonds. The number of rotatable bonds is 15. The molecule has 4 heteroatoms. The highest BCUT2D eigenvalue weighted by atomic mass is 32.2. The van der Waals surface area contributed by atoms with Crippen molar-refractivity contribution in [2.45, 2.75) is 89.9 Å². The van der Waals surface area contributed by atoms with Crippen LogP contribution in [-0.4, -0.2) is 18.7 Å². The molecule has 0 radical (unpaired) electrons. The fourth-order valence-electron chi connectivity index (χ4n) is 2.46. The molecule has 0 heterocycles. The van der Waals surface area contributed by atoms with Crippen molar-refractivity contribution in [1.29, 1.82) is 0 Å². The van der Waals surface area contributed by atoms with E-state index in [0.29, 0.717) is 6.42 Å². The molecule has 0 aromatic carbocycles. The standard InChI is InChI=1S/C17H32O3S/c1-2-3-4-5-6-7-8-9-10-11-12-13-14-15-16-17-21(18,19)20/h1H,3-17H2,(H,18,19,20). The van der Waals surface area contributed by atoms with Crippen LogP contribution in [0.4, 0.5) is 0 Å². The van der Waals surface area contributed by atoms with E-state index in [4.69, 9.17) is 11.0 Å². The summed E-state index contributed by atoms with van der Waals surface area (Å²) < 4.78 is 29.6. The minimum atomic E-state index is -3.75. The molecule has 0 unspecified atom stereocenters. The summed E-state index contributed by atoms with van der Waals surface area (Å²) in [4.78, 5) is 0. The Labute approximate surface area is 131 Å². The van der Waals surface area contributed by atoms with Crippen LogP contribution in [0.25, 0.3) is 0 Å². The molecule has 0 aromatic heterocycles. The average molecular weight is 317 g/mol. The van der Waals surface area contributed by atoms with E-state index in [9.17, 15) is 8.42 Å². The van der Waals surface area contributed by atoms with Gasteiger partial charge in [-0.3, -0.25) is 4.55 Å². The molecule has 21 heavy (non-hydrogen) atoms. The van der Waals surface area contributed by atoms with Gasteiger partial charge in [-0.1, -0.05) is 70.6 Å². The molecule has 0 aromatic rings. The van der Waals surface area contributed by atoms with Crippen molar-refractivity contribution in [3.8, 4) is 12.3 Å². The second kappa shape index (κ2) is 14.4. The maximum atomic E-state index is 10.5. The van der Waals surface area contributed by atoms with Gasteiger partial charge in [0.1, 0.15) is 0 Å². The van der Waals surface area contributed by atoms with E-state index in [0.717, 1.165) is 19.3 Å². The van der Waals surface area contributed by atoms with Crippen LogP contribution in [0, 0.1) is 12.3 Å². The zero-order chi connectivity index (χ0) is 15.8. The van der Waals surface area contributed by atoms with Crippen molar-refractivity contribution in [3.63, 3.8) is 0 Å². The number of hydrogen-bond acceptors (Lipinski definition) is 2. The predicted molar refractivity (Wildman–Crippen MR) is 89.9 cm³/mol. The summed E-state index contributed by atoms with van der Waals surface area (Å²) in [5.74, 6) is 2.59. The molecule has 3 nitrogen and oxygen atoms in total. The predicted octanol–water partition coefficient (Wildman–Crippen LogP) is 4.97. The minimum Gasteiger partial charge on any atom is -0.286 e. The summed E-state index contributed by atoms with van der Waals surface area (Å²) in [6, 6.07) is 0. The van der Waals surface area contributed by atoms with Gasteiger partial charge in [-0.15, -0.1) is 12.3 Å². The fourth-order valence-corrected chi connectivity index (χ4v) is 3.02. The van der Waals surface area contributed by atoms with Crippen molar-refractivity contribution in [2.75, 3.05) is 5.75 Å². The summed E-state index contributed by atoms with van der Waals surface area (Å²) in [6.07, 6.45) is 21.5. The van der Waals surface area contributed by atoms with Gasteiger partial charge in [-0.2, -0.15) is 8.42 Å². The van der Waals surface area contributed by atoms with Gasteiger partial charge in [0.15, 0.2) is 0 Å². The van der Waals surface area contributed by atoms with Crippen LogP contribution in [0.1, 0.15) is 89.9 Å². The average Bonchev–Trinajstić information content (AvgIpc) is 2.42. The molecule has 1 N–H and O–H groups in total. The number of unbranched alkanes of at least 4 members (excludes halogenated alkanes) is 13. The highest BCUT2D eigenvalue weighted by molar-refractivity contribution is 7.85. The summed E-state index contributed by atoms with van der Waals surface area (Å²) in [7, 11) is -3.75. The Kier molecular flexibility index (Phi) is 14.0. The molecule has 0 fully saturated rings. The molecule has 0 saturated heterocycles. The lowest BCUT2D eigenvalue weighted by Crippen LogP contribution is -2.03. The first-order valence-electron chi connectivity index (χ1n) is 8.45. The molecule has 0 spiro atoms. The van der Waals surface area contributed by atoms with Gasteiger partial charge in [-0.25, -0.2) is 0 Å². The first-order chi connectivity index (χ1) is 10.1. The molecule has 0 aliphatic rings. The number of hydrogen-bond donors (Lipinski definition) is 1. The van der Waals surface area contributed by atoms with E-state index in [1.807, 2.05) is 0 Å². The first kappa shape index (κ1) is 20.5. The third-order valence-corrected chi connectivity index (χ3v) is 4.53. The van der Waals surface area contributed by atoms with Crippen LogP contribution in [0.15, 0.2) is 0 Å². The zero-order valence-electron chi connectivity index (χ0n) is 13.4. The molecule has 0 atom stereocenters. The van der Waals surface area contributed by atoms with Gasteiger partial charge in [0, 0.05) is 6.42 Å². The van der Waals surface area contributed by atoms with E-state index in [1.165, 1.54) is 64.2 Å². The Morgan fingerprint density at radius 2 is 1.00 bits per heavy atom. The van der Waals surface area contributed by atoms with Gasteiger partial charge in [0.2, 0.25) is 0 Å². The molecule has 0 aliphatic heterocycles. The van der Waals surface area contributed by atoms with Crippen LogP contribution >= 0.6 is 0 Å². The lowest BCUT2D eigenvalue weighted by atomic mass is 10.0. The third-order valence-electron chi connectivity index (χ3n) is 3.72. The van der Waals surface area contributed by atoms with E-state index in [1.54, 1.807) is 0 Å². The van der Waals surface area contributed by atoms with Gasteiger partial charge in [0.25, 0.3) is 10.1 Å². The summed E-state index contributed by atoms with van der Waals surface area (Å²) in [5.41, 5.74) is 0. The Morgan fingerprint density at radius 3 is 1.33 bits per heavy atom. The lowest BCUT2D eigenvalue weighted by molar-refractivity contribution is 0.478. The second-order valence-electron chi connectivity index (χ2n) is 5.84. The van der Waals surface area contributed by atoms with Crippen molar-refractivity contribution in [2.24, 2.45) is 0 Å². The first-order valence-corrected chi connectivity index (χ1v) is 10.1. The van der Waals surface area contributed by atoms with Crippen LogP contribution in [-0.2, 0) is 10.1 Å². The molecule has 0 rings (SSSR count). The van der Waals surface area contributed by atoms with Crippen molar-refractivity contribution >= 4 is 10.1 Å². The Hall–Kier alpha value is -0.530. The van der Waals surface area contributed by atoms with Gasteiger partial charge in [0.05, 0.1) is 5.75 Å². The highest BCUT2D eigenvalue weighted by Crippen LogP contribution is 2.13. The van der Waals surface area contributed by atoms with Crippen LogP contribution in [0.2, 0.25) is 0 Å². The molecule has 0 saturated carbocycles. The zero-order valence-corrected chi connectivity index (χ0v) is 14.2. The lowest BCUT2D eigenvalue weighted by Gasteiger charge is -2.03. The maximum Gasteiger partial charge on any atom is 0.264 e. The van der Waals surface area contributed by atoms with Crippen molar-refractivity contribution in [3.05, 3.63) is 0 Å². The second-order valence-corrected chi connectivity index (χ2v) is 7.41. The SMILES string of the molecule is C#CCCCCCCCCCCCCCCCS(=O)(=O)O. The Bertz CT molecular complexity index is 355. The molecule has 0 bridgehead atoms. The van der Waals surface area contributed by atoms with Crippen LogP contribution in [0.5, 0.6) is 0 Å². The minimum absolute atomic E-state index is 0.0889. The van der Waals surface area contributed by atoms with E-state index < -0.39 is 10.1 Å². The maximum absolute atomic E-state index is 10.5. The van der Waals surface area contributed by atoms with E-state index in [2.05, 4.69) is 5.92 Å². The van der Waals surface area contributed by atoms with Gasteiger partial charge < -0.3 is 0 Å². The topological polar surface area (TPSA) is 54.4 Å². The van der Waals surface area contributed by atoms with E-state index >= 15 is 0 Å². The molecule has 124 valence electrons. The normalized spacial score (nSPS) is 11.4. The van der Waals surface area contributed by atoms with E-state index in [-0.39, 0.29) is 5.75 Å². The van der Waals surface area contributed by atoms with Gasteiger partial charge in [-0.05, 0) is 12.8 Å². The van der Waals surface area contributed by atoms with Crippen LogP contribution < -0.4 is 0 Å². The quantitative estimate of drug-likeness (QED) is 0.264. The monoisotopic (exact) mass is 316 g/mol. The fraction of sp³-hybridized carbons (Fsp3) is 0.882. The summed E-state index contributed by atoms with van der Waals surface area (Å²) in [6.45, 7) is 0. The molecular weight excluding hydrogens is 284 g/mol. The van der Waals surface area contributed by atoms with Gasteiger partial charge >= 0.3 is 0 Å². The smallest absolute Gasteiger partial charge is 0.264 e. The Morgan fingerprint density at radius 1 is 0.667 bits per heavy atom. The largest absolute Gasteiger partial charge is 0.286 e. The Balaban J connectivity index is 3.05. The van der Waals surface area contributed by atoms with Crippen molar-refractivity contribution in [1.82, 2.24) is 0 Å². The molecular formula is C17H32O3S. The summed E-state index contributed by atoms with van der Waals surface area (Å²) in [5, 5.41) is 0. The number of terminal acetylenes is 1. The molecule has 0 aliphatic carbocycles. The summed E-state index contributed by atoms with van der Waals surface area (Å²) >= 11 is 0. The third kappa shape index (κ3) is 19.5. The van der Waals surface area contributed by atoms with Crippen molar-refractivity contribution < 1.29 is 13.0 Å². The van der Waals surface area contributed by atoms with Crippen LogP contribution in [0.3, 0.4) is 0 Å².